The van der Waals surface area contributed by atoms with Crippen molar-refractivity contribution < 1.29 is 23.1 Å². The maximum Gasteiger partial charge on any atom is 0.328 e. The molecule has 0 aliphatic rings. The Balaban J connectivity index is 3.28. The van der Waals surface area contributed by atoms with Gasteiger partial charge in [-0.25, -0.2) is 17.9 Å². The summed E-state index contributed by atoms with van der Waals surface area (Å²) in [7, 11) is -2.27. The highest BCUT2D eigenvalue weighted by atomic mass is 32.2. The second-order valence-corrected chi connectivity index (χ2v) is 7.11. The Morgan fingerprint density at radius 3 is 2.43 bits per heavy atom. The summed E-state index contributed by atoms with van der Waals surface area (Å²) in [5.74, 6) is -0.736. The van der Waals surface area contributed by atoms with Gasteiger partial charge in [-0.15, -0.1) is 0 Å². The van der Waals surface area contributed by atoms with Crippen LogP contribution in [0.4, 0.5) is 0 Å². The highest BCUT2D eigenvalue weighted by molar-refractivity contribution is 7.89. The summed E-state index contributed by atoms with van der Waals surface area (Å²) in [5.41, 5.74) is -0.243. The number of sulfonamides is 1. The summed E-state index contributed by atoms with van der Waals surface area (Å²) in [4.78, 5) is 10.6. The van der Waals surface area contributed by atoms with Crippen molar-refractivity contribution in [3.63, 3.8) is 0 Å². The molecule has 0 aliphatic carbocycles. The van der Waals surface area contributed by atoms with Crippen molar-refractivity contribution in [2.75, 3.05) is 7.11 Å². The average molecular weight is 313 g/mol. The predicted octanol–water partition coefficient (Wildman–Crippen LogP) is 1.87. The first kappa shape index (κ1) is 17.2. The van der Waals surface area contributed by atoms with E-state index < -0.39 is 21.5 Å². The van der Waals surface area contributed by atoms with Crippen LogP contribution in [-0.2, 0) is 14.8 Å². The molecule has 0 saturated carbocycles. The summed E-state index contributed by atoms with van der Waals surface area (Å²) < 4.78 is 32.1. The van der Waals surface area contributed by atoms with Crippen LogP contribution in [0.2, 0.25) is 0 Å². The number of hydrogen-bond acceptors (Lipinski definition) is 4. The zero-order valence-corrected chi connectivity index (χ0v) is 13.2. The second kappa shape index (κ2) is 6.28. The maximum absolute atomic E-state index is 12.2. The van der Waals surface area contributed by atoms with Crippen LogP contribution in [-0.4, -0.2) is 32.1 Å². The molecule has 2 N–H and O–H groups in total. The molecule has 0 radical (unpaired) electrons. The molecule has 0 saturated heterocycles. The molecule has 0 bridgehead atoms. The van der Waals surface area contributed by atoms with E-state index >= 15 is 0 Å². The fourth-order valence-electron chi connectivity index (χ4n) is 1.63. The zero-order chi connectivity index (χ0) is 16.3. The lowest BCUT2D eigenvalue weighted by Crippen LogP contribution is -2.40. The lowest BCUT2D eigenvalue weighted by molar-refractivity contribution is -0.131. The Labute approximate surface area is 124 Å². The molecule has 21 heavy (non-hydrogen) atoms. The number of methoxy groups -OCH3 is 1. The van der Waals surface area contributed by atoms with Crippen LogP contribution < -0.4 is 9.46 Å². The lowest BCUT2D eigenvalue weighted by atomic mass is 10.1. The number of hydrogen-bond donors (Lipinski definition) is 2. The summed E-state index contributed by atoms with van der Waals surface area (Å²) >= 11 is 0. The first-order valence-electron chi connectivity index (χ1n) is 6.18. The second-order valence-electron chi connectivity index (χ2n) is 5.43. The minimum absolute atomic E-state index is 0.0447. The van der Waals surface area contributed by atoms with Crippen LogP contribution in [0.3, 0.4) is 0 Å². The molecule has 1 rings (SSSR count). The van der Waals surface area contributed by atoms with Gasteiger partial charge in [0, 0.05) is 17.2 Å². The Bertz CT molecular complexity index is 656. The molecule has 0 atom stereocenters. The normalized spacial score (nSPS) is 12.6. The molecule has 7 heteroatoms. The van der Waals surface area contributed by atoms with Crippen LogP contribution in [0.5, 0.6) is 5.75 Å². The van der Waals surface area contributed by atoms with Crippen molar-refractivity contribution in [1.29, 1.82) is 0 Å². The van der Waals surface area contributed by atoms with E-state index in [1.807, 2.05) is 0 Å². The molecule has 0 fully saturated rings. The fraction of sp³-hybridized carbons (Fsp3) is 0.357. The van der Waals surface area contributed by atoms with Crippen molar-refractivity contribution >= 4 is 22.1 Å². The van der Waals surface area contributed by atoms with E-state index in [4.69, 9.17) is 9.84 Å². The van der Waals surface area contributed by atoms with Gasteiger partial charge in [0.1, 0.15) is 5.75 Å². The first-order chi connectivity index (χ1) is 9.55. The Kier molecular flexibility index (Phi) is 5.14. The molecule has 1 aromatic rings. The standard InChI is InChI=1S/C14H19NO5S/c1-14(2,3)15-21(18,19)11-6-7-12(20-4)10(9-11)5-8-13(16)17/h5-9,15H,1-4H3,(H,16,17). The highest BCUT2D eigenvalue weighted by Crippen LogP contribution is 2.24. The van der Waals surface area contributed by atoms with Crippen LogP contribution in [0.1, 0.15) is 26.3 Å². The van der Waals surface area contributed by atoms with Crippen LogP contribution in [0.25, 0.3) is 6.08 Å². The number of benzene rings is 1. The third kappa shape index (κ3) is 5.20. The Morgan fingerprint density at radius 1 is 1.33 bits per heavy atom. The quantitative estimate of drug-likeness (QED) is 0.810. The van der Waals surface area contributed by atoms with Gasteiger partial charge in [-0.1, -0.05) is 0 Å². The first-order valence-corrected chi connectivity index (χ1v) is 7.66. The van der Waals surface area contributed by atoms with Gasteiger partial charge in [-0.3, -0.25) is 0 Å². The van der Waals surface area contributed by atoms with Crippen molar-refractivity contribution in [3.05, 3.63) is 29.8 Å². The predicted molar refractivity (Wildman–Crippen MR) is 79.7 cm³/mol. The molecular weight excluding hydrogens is 294 g/mol. The number of rotatable bonds is 5. The molecule has 0 heterocycles. The van der Waals surface area contributed by atoms with Crippen molar-refractivity contribution in [2.24, 2.45) is 0 Å². The number of ether oxygens (including phenoxy) is 1. The molecule has 0 spiro atoms. The van der Waals surface area contributed by atoms with Crippen molar-refractivity contribution in [2.45, 2.75) is 31.2 Å². The van der Waals surface area contributed by atoms with E-state index in [2.05, 4.69) is 4.72 Å². The van der Waals surface area contributed by atoms with E-state index in [1.54, 1.807) is 20.8 Å². The third-order valence-corrected chi connectivity index (χ3v) is 4.11. The number of carbonyl (C=O) groups is 1. The topological polar surface area (TPSA) is 92.7 Å². The Hall–Kier alpha value is -1.86. The SMILES string of the molecule is COc1ccc(S(=O)(=O)NC(C)(C)C)cc1C=CC(=O)O. The molecular formula is C14H19NO5S. The van der Waals surface area contributed by atoms with E-state index in [9.17, 15) is 13.2 Å². The van der Waals surface area contributed by atoms with E-state index in [0.29, 0.717) is 11.3 Å². The fourth-order valence-corrected chi connectivity index (χ4v) is 3.09. The highest BCUT2D eigenvalue weighted by Gasteiger charge is 2.22. The Morgan fingerprint density at radius 2 is 1.95 bits per heavy atom. The number of carboxylic acid groups (broad SMARTS) is 1. The average Bonchev–Trinajstić information content (AvgIpc) is 2.33. The third-order valence-electron chi connectivity index (χ3n) is 2.36. The number of nitrogens with one attached hydrogen (secondary N) is 1. The lowest BCUT2D eigenvalue weighted by Gasteiger charge is -2.20. The van der Waals surface area contributed by atoms with E-state index in [1.165, 1.54) is 31.4 Å². The van der Waals surface area contributed by atoms with Crippen LogP contribution in [0, 0.1) is 0 Å². The number of carboxylic acids is 1. The molecule has 0 aliphatic heterocycles. The van der Waals surface area contributed by atoms with E-state index in [0.717, 1.165) is 6.08 Å². The van der Waals surface area contributed by atoms with Gasteiger partial charge in [-0.05, 0) is 45.0 Å². The van der Waals surface area contributed by atoms with E-state index in [-0.39, 0.29) is 4.90 Å². The summed E-state index contributed by atoms with van der Waals surface area (Å²) in [5, 5.41) is 8.66. The van der Waals surface area contributed by atoms with Gasteiger partial charge >= 0.3 is 5.97 Å². The smallest absolute Gasteiger partial charge is 0.328 e. The van der Waals surface area contributed by atoms with Gasteiger partial charge in [0.25, 0.3) is 0 Å². The summed E-state index contributed by atoms with van der Waals surface area (Å²) in [6.07, 6.45) is 2.21. The number of aliphatic carboxylic acids is 1. The maximum atomic E-state index is 12.2. The van der Waals surface area contributed by atoms with Gasteiger partial charge < -0.3 is 9.84 Å². The van der Waals surface area contributed by atoms with Gasteiger partial charge in [0.2, 0.25) is 10.0 Å². The molecule has 116 valence electrons. The van der Waals surface area contributed by atoms with Gasteiger partial charge in [0.15, 0.2) is 0 Å². The minimum atomic E-state index is -3.69. The molecule has 0 unspecified atom stereocenters. The molecule has 1 aromatic carbocycles. The summed E-state index contributed by atoms with van der Waals surface area (Å²) in [6.45, 7) is 5.21. The molecule has 0 aromatic heterocycles. The molecule has 6 nitrogen and oxygen atoms in total. The largest absolute Gasteiger partial charge is 0.496 e. The molecule has 0 amide bonds. The van der Waals surface area contributed by atoms with Crippen molar-refractivity contribution in [1.82, 2.24) is 4.72 Å². The van der Waals surface area contributed by atoms with Crippen LogP contribution in [0.15, 0.2) is 29.2 Å². The monoisotopic (exact) mass is 313 g/mol. The zero-order valence-electron chi connectivity index (χ0n) is 12.4. The van der Waals surface area contributed by atoms with Gasteiger partial charge in [-0.2, -0.15) is 0 Å². The summed E-state index contributed by atoms with van der Waals surface area (Å²) in [6, 6.07) is 4.26. The van der Waals surface area contributed by atoms with Gasteiger partial charge in [0.05, 0.1) is 12.0 Å². The minimum Gasteiger partial charge on any atom is -0.496 e. The van der Waals surface area contributed by atoms with Crippen molar-refractivity contribution in [3.8, 4) is 5.75 Å². The van der Waals surface area contributed by atoms with Crippen LogP contribution >= 0.6 is 0 Å².